The maximum atomic E-state index is 12.1. The number of hydrogen-bond donors (Lipinski definition) is 1. The van der Waals surface area contributed by atoms with E-state index in [2.05, 4.69) is 12.1 Å². The summed E-state index contributed by atoms with van der Waals surface area (Å²) in [5.74, 6) is 0.370. The third-order valence-electron chi connectivity index (χ3n) is 3.36. The molecule has 2 nitrogen and oxygen atoms in total. The van der Waals surface area contributed by atoms with Gasteiger partial charge in [0.25, 0.3) is 0 Å². The van der Waals surface area contributed by atoms with Crippen LogP contribution in [-0.2, 0) is 4.79 Å². The first-order valence-electron chi connectivity index (χ1n) is 7.16. The highest BCUT2D eigenvalue weighted by atomic mass is 32.2. The number of benzene rings is 2. The van der Waals surface area contributed by atoms with Crippen LogP contribution in [0.25, 0.3) is 0 Å². The van der Waals surface area contributed by atoms with Gasteiger partial charge in [-0.05, 0) is 29.8 Å². The second kappa shape index (κ2) is 7.32. The number of nitrogens with two attached hydrogens (primary N) is 1. The van der Waals surface area contributed by atoms with E-state index in [4.69, 9.17) is 5.73 Å². The smallest absolute Gasteiger partial charge is 0.136 e. The van der Waals surface area contributed by atoms with Gasteiger partial charge in [-0.25, -0.2) is 0 Å². The zero-order valence-corrected chi connectivity index (χ0v) is 13.3. The van der Waals surface area contributed by atoms with Crippen LogP contribution in [0.5, 0.6) is 0 Å². The average molecular weight is 299 g/mol. The van der Waals surface area contributed by atoms with Gasteiger partial charge in [0, 0.05) is 28.2 Å². The number of Topliss-reactive ketones (excluding diaryl/α,β-unsaturated/α-hetero) is 1. The molecule has 1 atom stereocenters. The Morgan fingerprint density at radius 3 is 2.24 bits per heavy atom. The lowest BCUT2D eigenvalue weighted by atomic mass is 10.0. The third kappa shape index (κ3) is 4.64. The number of carbonyl (C=O) groups excluding carboxylic acids is 1. The largest absolute Gasteiger partial charge is 0.399 e. The van der Waals surface area contributed by atoms with Crippen molar-refractivity contribution in [3.63, 3.8) is 0 Å². The SMILES string of the molecule is CC(C)C(=O)CC(Sc1ccc(N)cc1)c1ccccc1. The quantitative estimate of drug-likeness (QED) is 0.620. The molecule has 2 aromatic carbocycles. The monoisotopic (exact) mass is 299 g/mol. The van der Waals surface area contributed by atoms with Crippen molar-refractivity contribution in [3.05, 3.63) is 60.2 Å². The fourth-order valence-electron chi connectivity index (χ4n) is 2.02. The third-order valence-corrected chi connectivity index (χ3v) is 4.63. The van der Waals surface area contributed by atoms with E-state index in [-0.39, 0.29) is 11.2 Å². The van der Waals surface area contributed by atoms with E-state index in [1.54, 1.807) is 11.8 Å². The average Bonchev–Trinajstić information content (AvgIpc) is 2.49. The van der Waals surface area contributed by atoms with E-state index < -0.39 is 0 Å². The van der Waals surface area contributed by atoms with Gasteiger partial charge in [-0.1, -0.05) is 44.2 Å². The summed E-state index contributed by atoms with van der Waals surface area (Å²) in [5, 5.41) is 0.143. The zero-order chi connectivity index (χ0) is 15.2. The minimum atomic E-state index is 0.0724. The van der Waals surface area contributed by atoms with Crippen LogP contribution < -0.4 is 5.73 Å². The molecule has 0 heterocycles. The van der Waals surface area contributed by atoms with E-state index in [9.17, 15) is 4.79 Å². The first kappa shape index (κ1) is 15.6. The first-order valence-corrected chi connectivity index (χ1v) is 8.04. The number of hydrogen-bond acceptors (Lipinski definition) is 3. The normalized spacial score (nSPS) is 12.3. The Morgan fingerprint density at radius 1 is 1.05 bits per heavy atom. The summed E-state index contributed by atoms with van der Waals surface area (Å²) in [4.78, 5) is 13.3. The molecular weight excluding hydrogens is 278 g/mol. The summed E-state index contributed by atoms with van der Waals surface area (Å²) < 4.78 is 0. The number of thioether (sulfide) groups is 1. The lowest BCUT2D eigenvalue weighted by molar-refractivity contribution is -0.121. The van der Waals surface area contributed by atoms with Gasteiger partial charge < -0.3 is 5.73 Å². The van der Waals surface area contributed by atoms with Crippen LogP contribution in [0.4, 0.5) is 5.69 Å². The minimum Gasteiger partial charge on any atom is -0.399 e. The topological polar surface area (TPSA) is 43.1 Å². The van der Waals surface area contributed by atoms with Crippen LogP contribution in [-0.4, -0.2) is 5.78 Å². The Labute approximate surface area is 130 Å². The molecule has 2 aromatic rings. The second-order valence-corrected chi connectivity index (χ2v) is 6.69. The molecule has 0 aliphatic heterocycles. The Kier molecular flexibility index (Phi) is 5.45. The van der Waals surface area contributed by atoms with Crippen LogP contribution >= 0.6 is 11.8 Å². The van der Waals surface area contributed by atoms with Gasteiger partial charge in [0.05, 0.1) is 0 Å². The molecule has 2 N–H and O–H groups in total. The molecule has 1 unspecified atom stereocenters. The fourth-order valence-corrected chi connectivity index (χ4v) is 3.19. The van der Waals surface area contributed by atoms with Gasteiger partial charge in [0.15, 0.2) is 0 Å². The lowest BCUT2D eigenvalue weighted by Gasteiger charge is -2.17. The van der Waals surface area contributed by atoms with Crippen molar-refractivity contribution in [2.24, 2.45) is 5.92 Å². The van der Waals surface area contributed by atoms with Crippen LogP contribution in [0.2, 0.25) is 0 Å². The Morgan fingerprint density at radius 2 is 1.67 bits per heavy atom. The summed E-state index contributed by atoms with van der Waals surface area (Å²) in [6.07, 6.45) is 0.552. The second-order valence-electron chi connectivity index (χ2n) is 5.41. The van der Waals surface area contributed by atoms with Crippen LogP contribution in [0, 0.1) is 5.92 Å². The van der Waals surface area contributed by atoms with Gasteiger partial charge in [0.1, 0.15) is 5.78 Å². The molecule has 0 aliphatic rings. The standard InChI is InChI=1S/C18H21NOS/c1-13(2)17(20)12-18(14-6-4-3-5-7-14)21-16-10-8-15(19)9-11-16/h3-11,13,18H,12,19H2,1-2H3. The molecule has 0 spiro atoms. The van der Waals surface area contributed by atoms with Gasteiger partial charge in [0.2, 0.25) is 0 Å². The van der Waals surface area contributed by atoms with E-state index >= 15 is 0 Å². The molecule has 0 aliphatic carbocycles. The number of nitrogen functional groups attached to an aromatic ring is 1. The van der Waals surface area contributed by atoms with Crippen molar-refractivity contribution >= 4 is 23.2 Å². The summed E-state index contributed by atoms with van der Waals surface area (Å²) in [5.41, 5.74) is 7.67. The zero-order valence-electron chi connectivity index (χ0n) is 12.5. The van der Waals surface area contributed by atoms with Crippen molar-refractivity contribution < 1.29 is 4.79 Å². The summed E-state index contributed by atoms with van der Waals surface area (Å²) in [6.45, 7) is 3.91. The molecule has 0 amide bonds. The number of anilines is 1. The summed E-state index contributed by atoms with van der Waals surface area (Å²) >= 11 is 1.72. The molecule has 0 saturated carbocycles. The summed E-state index contributed by atoms with van der Waals surface area (Å²) in [6, 6.07) is 18.0. The van der Waals surface area contributed by atoms with Crippen molar-refractivity contribution in [2.45, 2.75) is 30.4 Å². The first-order chi connectivity index (χ1) is 10.1. The fraction of sp³-hybridized carbons (Fsp3) is 0.278. The highest BCUT2D eigenvalue weighted by molar-refractivity contribution is 7.99. The van der Waals surface area contributed by atoms with E-state index in [1.807, 2.05) is 56.3 Å². The number of rotatable bonds is 6. The van der Waals surface area contributed by atoms with Gasteiger partial charge in [-0.15, -0.1) is 11.8 Å². The van der Waals surface area contributed by atoms with E-state index in [0.717, 1.165) is 10.6 Å². The maximum Gasteiger partial charge on any atom is 0.136 e. The Bertz CT molecular complexity index is 578. The molecule has 21 heavy (non-hydrogen) atoms. The number of carbonyl (C=O) groups is 1. The van der Waals surface area contributed by atoms with Crippen molar-refractivity contribution in [1.29, 1.82) is 0 Å². The van der Waals surface area contributed by atoms with Crippen molar-refractivity contribution in [2.75, 3.05) is 5.73 Å². The van der Waals surface area contributed by atoms with Gasteiger partial charge in [-0.2, -0.15) is 0 Å². The highest BCUT2D eigenvalue weighted by Crippen LogP contribution is 2.38. The van der Waals surface area contributed by atoms with Crippen LogP contribution in [0.15, 0.2) is 59.5 Å². The lowest BCUT2D eigenvalue weighted by Crippen LogP contribution is -2.10. The molecular formula is C18H21NOS. The van der Waals surface area contributed by atoms with Crippen molar-refractivity contribution in [3.8, 4) is 0 Å². The van der Waals surface area contributed by atoms with Gasteiger partial charge >= 0.3 is 0 Å². The predicted octanol–water partition coefficient (Wildman–Crippen LogP) is 4.72. The Balaban J connectivity index is 2.19. The predicted molar refractivity (Wildman–Crippen MR) is 90.4 cm³/mol. The Hall–Kier alpha value is -1.74. The molecule has 0 saturated heterocycles. The van der Waals surface area contributed by atoms with E-state index in [0.29, 0.717) is 12.2 Å². The molecule has 0 bridgehead atoms. The van der Waals surface area contributed by atoms with Crippen molar-refractivity contribution in [1.82, 2.24) is 0 Å². The molecule has 0 aromatic heterocycles. The maximum absolute atomic E-state index is 12.1. The van der Waals surface area contributed by atoms with Crippen LogP contribution in [0.3, 0.4) is 0 Å². The molecule has 2 rings (SSSR count). The van der Waals surface area contributed by atoms with Crippen LogP contribution in [0.1, 0.15) is 31.1 Å². The number of ketones is 1. The minimum absolute atomic E-state index is 0.0724. The molecule has 0 fully saturated rings. The van der Waals surface area contributed by atoms with E-state index in [1.165, 1.54) is 5.56 Å². The molecule has 3 heteroatoms. The summed E-state index contributed by atoms with van der Waals surface area (Å²) in [7, 11) is 0. The highest BCUT2D eigenvalue weighted by Gasteiger charge is 2.19. The molecule has 0 radical (unpaired) electrons. The molecule has 110 valence electrons. The van der Waals surface area contributed by atoms with Gasteiger partial charge in [-0.3, -0.25) is 4.79 Å².